The lowest BCUT2D eigenvalue weighted by atomic mass is 10.1. The van der Waals surface area contributed by atoms with Crippen LogP contribution in [0.4, 0.5) is 0 Å². The number of ether oxygens (including phenoxy) is 3. The molecular weight excluding hydrogens is 232 g/mol. The van der Waals surface area contributed by atoms with Crippen molar-refractivity contribution in [2.45, 2.75) is 26.1 Å². The van der Waals surface area contributed by atoms with Crippen LogP contribution in [0, 0.1) is 0 Å². The fraction of sp³-hybridized carbons (Fsp3) is 0.500. The fourth-order valence-corrected chi connectivity index (χ4v) is 1.76. The van der Waals surface area contributed by atoms with E-state index in [1.54, 1.807) is 31.2 Å². The summed E-state index contributed by atoms with van der Waals surface area (Å²) in [7, 11) is 0. The first-order valence-electron chi connectivity index (χ1n) is 6.23. The summed E-state index contributed by atoms with van der Waals surface area (Å²) in [5, 5.41) is 0. The standard InChI is InChI=1S/C14H18O4/c1-11(15)12-3-5-13(6-4-12)16-10-7-14-17-8-2-9-18-14/h3-6,14H,2,7-10H2,1H3. The lowest BCUT2D eigenvalue weighted by Gasteiger charge is -2.23. The van der Waals surface area contributed by atoms with E-state index in [0.29, 0.717) is 18.6 Å². The number of hydrogen-bond acceptors (Lipinski definition) is 4. The van der Waals surface area contributed by atoms with E-state index in [1.165, 1.54) is 0 Å². The van der Waals surface area contributed by atoms with Crippen LogP contribution >= 0.6 is 0 Å². The fourth-order valence-electron chi connectivity index (χ4n) is 1.76. The van der Waals surface area contributed by atoms with Crippen LogP contribution < -0.4 is 4.74 Å². The molecule has 0 saturated carbocycles. The Balaban J connectivity index is 1.74. The lowest BCUT2D eigenvalue weighted by molar-refractivity contribution is -0.183. The zero-order chi connectivity index (χ0) is 12.8. The van der Waals surface area contributed by atoms with Crippen molar-refractivity contribution in [1.29, 1.82) is 0 Å². The average Bonchev–Trinajstić information content (AvgIpc) is 2.40. The quantitative estimate of drug-likeness (QED) is 0.753. The lowest BCUT2D eigenvalue weighted by Crippen LogP contribution is -2.26. The largest absolute Gasteiger partial charge is 0.493 e. The third-order valence-corrected chi connectivity index (χ3v) is 2.78. The van der Waals surface area contributed by atoms with Gasteiger partial charge in [-0.25, -0.2) is 0 Å². The van der Waals surface area contributed by atoms with Gasteiger partial charge >= 0.3 is 0 Å². The van der Waals surface area contributed by atoms with E-state index >= 15 is 0 Å². The molecule has 0 unspecified atom stereocenters. The van der Waals surface area contributed by atoms with Crippen molar-refractivity contribution in [3.63, 3.8) is 0 Å². The van der Waals surface area contributed by atoms with Crippen LogP contribution in [0.15, 0.2) is 24.3 Å². The number of carbonyl (C=O) groups is 1. The second-order valence-corrected chi connectivity index (χ2v) is 4.24. The second-order valence-electron chi connectivity index (χ2n) is 4.24. The van der Waals surface area contributed by atoms with Crippen molar-refractivity contribution in [1.82, 2.24) is 0 Å². The van der Waals surface area contributed by atoms with Gasteiger partial charge in [0.05, 0.1) is 19.8 Å². The zero-order valence-corrected chi connectivity index (χ0v) is 10.6. The Morgan fingerprint density at radius 3 is 2.56 bits per heavy atom. The van der Waals surface area contributed by atoms with Gasteiger partial charge in [0.15, 0.2) is 12.1 Å². The molecule has 0 N–H and O–H groups in total. The van der Waals surface area contributed by atoms with Crippen molar-refractivity contribution in [3.05, 3.63) is 29.8 Å². The molecule has 1 heterocycles. The maximum absolute atomic E-state index is 11.1. The Bertz CT molecular complexity index is 379. The number of rotatable bonds is 5. The average molecular weight is 250 g/mol. The van der Waals surface area contributed by atoms with Crippen LogP contribution in [0.2, 0.25) is 0 Å². The molecule has 18 heavy (non-hydrogen) atoms. The maximum Gasteiger partial charge on any atom is 0.160 e. The molecule has 4 nitrogen and oxygen atoms in total. The van der Waals surface area contributed by atoms with Crippen molar-refractivity contribution in [2.24, 2.45) is 0 Å². The molecule has 0 aromatic heterocycles. The van der Waals surface area contributed by atoms with Gasteiger partial charge in [-0.3, -0.25) is 4.79 Å². The number of benzene rings is 1. The highest BCUT2D eigenvalue weighted by molar-refractivity contribution is 5.94. The Labute approximate surface area is 107 Å². The Morgan fingerprint density at radius 1 is 1.28 bits per heavy atom. The number of carbonyl (C=O) groups excluding carboxylic acids is 1. The highest BCUT2D eigenvalue weighted by Crippen LogP contribution is 2.14. The predicted molar refractivity (Wildman–Crippen MR) is 66.9 cm³/mol. The van der Waals surface area contributed by atoms with Crippen LogP contribution in [0.3, 0.4) is 0 Å². The van der Waals surface area contributed by atoms with Gasteiger partial charge in [-0.2, -0.15) is 0 Å². The van der Waals surface area contributed by atoms with Gasteiger partial charge in [0.2, 0.25) is 0 Å². The van der Waals surface area contributed by atoms with Gasteiger partial charge in [0, 0.05) is 12.0 Å². The van der Waals surface area contributed by atoms with E-state index in [2.05, 4.69) is 0 Å². The number of hydrogen-bond donors (Lipinski definition) is 0. The van der Waals surface area contributed by atoms with E-state index in [4.69, 9.17) is 14.2 Å². The molecule has 0 radical (unpaired) electrons. The molecule has 0 atom stereocenters. The molecule has 1 aromatic rings. The Morgan fingerprint density at radius 2 is 1.94 bits per heavy atom. The molecule has 0 bridgehead atoms. The van der Waals surface area contributed by atoms with E-state index < -0.39 is 0 Å². The van der Waals surface area contributed by atoms with Crippen molar-refractivity contribution in [2.75, 3.05) is 19.8 Å². The van der Waals surface area contributed by atoms with Gasteiger partial charge in [-0.1, -0.05) is 0 Å². The topological polar surface area (TPSA) is 44.8 Å². The summed E-state index contributed by atoms with van der Waals surface area (Å²) in [5.41, 5.74) is 0.696. The van der Waals surface area contributed by atoms with Crippen LogP contribution in [0.25, 0.3) is 0 Å². The van der Waals surface area contributed by atoms with Crippen molar-refractivity contribution < 1.29 is 19.0 Å². The molecule has 1 aromatic carbocycles. The first-order chi connectivity index (χ1) is 8.75. The Hall–Kier alpha value is -1.39. The SMILES string of the molecule is CC(=O)c1ccc(OCCC2OCCCO2)cc1. The third kappa shape index (κ3) is 3.82. The summed E-state index contributed by atoms with van der Waals surface area (Å²) in [4.78, 5) is 11.1. The normalized spacial score (nSPS) is 16.5. The van der Waals surface area contributed by atoms with E-state index in [-0.39, 0.29) is 12.1 Å². The van der Waals surface area contributed by atoms with Gasteiger partial charge in [-0.15, -0.1) is 0 Å². The first-order valence-corrected chi connectivity index (χ1v) is 6.23. The molecule has 98 valence electrons. The van der Waals surface area contributed by atoms with Crippen LogP contribution in [-0.2, 0) is 9.47 Å². The molecule has 4 heteroatoms. The Kier molecular flexibility index (Phi) is 4.73. The highest BCUT2D eigenvalue weighted by Gasteiger charge is 2.13. The van der Waals surface area contributed by atoms with E-state index in [9.17, 15) is 4.79 Å². The van der Waals surface area contributed by atoms with Crippen LogP contribution in [-0.4, -0.2) is 31.9 Å². The maximum atomic E-state index is 11.1. The third-order valence-electron chi connectivity index (χ3n) is 2.78. The first kappa shape index (κ1) is 13.1. The number of ketones is 1. The monoisotopic (exact) mass is 250 g/mol. The second kappa shape index (κ2) is 6.52. The summed E-state index contributed by atoms with van der Waals surface area (Å²) in [6.45, 7) is 3.62. The van der Waals surface area contributed by atoms with E-state index in [1.807, 2.05) is 0 Å². The summed E-state index contributed by atoms with van der Waals surface area (Å²) >= 11 is 0. The molecule has 1 aliphatic rings. The molecule has 0 spiro atoms. The molecule has 1 fully saturated rings. The summed E-state index contributed by atoms with van der Waals surface area (Å²) in [5.74, 6) is 0.821. The summed E-state index contributed by atoms with van der Waals surface area (Å²) in [6, 6.07) is 7.15. The molecule has 0 aliphatic carbocycles. The van der Waals surface area contributed by atoms with Gasteiger partial charge in [0.1, 0.15) is 5.75 Å². The van der Waals surface area contributed by atoms with Gasteiger partial charge in [0.25, 0.3) is 0 Å². The minimum absolute atomic E-state index is 0.0607. The molecule has 1 saturated heterocycles. The zero-order valence-electron chi connectivity index (χ0n) is 10.6. The van der Waals surface area contributed by atoms with E-state index in [0.717, 1.165) is 25.4 Å². The summed E-state index contributed by atoms with van der Waals surface area (Å²) in [6.07, 6.45) is 1.54. The van der Waals surface area contributed by atoms with Gasteiger partial charge in [-0.05, 0) is 37.6 Å². The molecular formula is C14H18O4. The minimum Gasteiger partial charge on any atom is -0.493 e. The number of Topliss-reactive ketones (excluding diaryl/α,β-unsaturated/α-hetero) is 1. The molecule has 2 rings (SSSR count). The van der Waals surface area contributed by atoms with Crippen LogP contribution in [0.1, 0.15) is 30.1 Å². The molecule has 0 amide bonds. The van der Waals surface area contributed by atoms with Gasteiger partial charge < -0.3 is 14.2 Å². The highest BCUT2D eigenvalue weighted by atomic mass is 16.7. The smallest absolute Gasteiger partial charge is 0.160 e. The minimum atomic E-state index is -0.143. The van der Waals surface area contributed by atoms with Crippen molar-refractivity contribution >= 4 is 5.78 Å². The van der Waals surface area contributed by atoms with Crippen LogP contribution in [0.5, 0.6) is 5.75 Å². The van der Waals surface area contributed by atoms with Crippen molar-refractivity contribution in [3.8, 4) is 5.75 Å². The summed E-state index contributed by atoms with van der Waals surface area (Å²) < 4.78 is 16.4. The molecule has 1 aliphatic heterocycles. The predicted octanol–water partition coefficient (Wildman–Crippen LogP) is 2.42.